The molecule has 0 aromatic heterocycles. The summed E-state index contributed by atoms with van der Waals surface area (Å²) < 4.78 is 6.64. The van der Waals surface area contributed by atoms with Gasteiger partial charge < -0.3 is 15.4 Å². The first-order valence-corrected chi connectivity index (χ1v) is 12.0. The van der Waals surface area contributed by atoms with Crippen molar-refractivity contribution >= 4 is 46.2 Å². The van der Waals surface area contributed by atoms with E-state index in [0.717, 1.165) is 39.4 Å². The Morgan fingerprint density at radius 3 is 2.56 bits per heavy atom. The molecular weight excluding hydrogens is 466 g/mol. The van der Waals surface area contributed by atoms with Gasteiger partial charge in [-0.1, -0.05) is 53.1 Å². The zero-order valence-electron chi connectivity index (χ0n) is 19.5. The lowest BCUT2D eigenvalue weighted by molar-refractivity contribution is -0.130. The average Bonchev–Trinajstić information content (AvgIpc) is 2.76. The van der Waals surface area contributed by atoms with E-state index in [1.54, 1.807) is 6.07 Å². The predicted molar refractivity (Wildman–Crippen MR) is 141 cm³/mol. The molecule has 1 amide bonds. The number of hydrogen-bond donors (Lipinski definition) is 2. The van der Waals surface area contributed by atoms with Crippen LogP contribution in [0.3, 0.4) is 0 Å². The van der Waals surface area contributed by atoms with Crippen LogP contribution in [0.15, 0.2) is 60.7 Å². The molecule has 3 aromatic rings. The molecule has 0 radical (unpaired) electrons. The fourth-order valence-corrected chi connectivity index (χ4v) is 5.67. The van der Waals surface area contributed by atoms with E-state index in [9.17, 15) is 4.79 Å². The van der Waals surface area contributed by atoms with Crippen LogP contribution < -0.4 is 20.3 Å². The lowest BCUT2D eigenvalue weighted by Gasteiger charge is -2.56. The van der Waals surface area contributed by atoms with Gasteiger partial charge in [-0.2, -0.15) is 0 Å². The third-order valence-corrected chi connectivity index (χ3v) is 7.18. The lowest BCUT2D eigenvalue weighted by Crippen LogP contribution is -2.72. The predicted octanol–water partition coefficient (Wildman–Crippen LogP) is 6.06. The Morgan fingerprint density at radius 1 is 1.09 bits per heavy atom. The number of hydrogen-bond acceptors (Lipinski definition) is 3. The molecule has 2 N–H and O–H groups in total. The quantitative estimate of drug-likeness (QED) is 0.436. The number of halogens is 1. The number of nitrogens with zero attached hydrogens (tertiary/aromatic N) is 1. The molecule has 5 rings (SSSR count). The normalized spacial score (nSPS) is 23.0. The molecule has 2 bridgehead atoms. The van der Waals surface area contributed by atoms with Gasteiger partial charge in [-0.05, 0) is 75.8 Å². The molecule has 7 heteroatoms. The second kappa shape index (κ2) is 8.29. The van der Waals surface area contributed by atoms with Crippen LogP contribution in [0.25, 0.3) is 0 Å². The average molecular weight is 492 g/mol. The third kappa shape index (κ3) is 3.71. The van der Waals surface area contributed by atoms with Gasteiger partial charge in [-0.25, -0.2) is 0 Å². The summed E-state index contributed by atoms with van der Waals surface area (Å²) in [5.41, 5.74) is 4.62. The largest absolute Gasteiger partial charge is 0.467 e. The van der Waals surface area contributed by atoms with Gasteiger partial charge in [-0.3, -0.25) is 9.69 Å². The maximum absolute atomic E-state index is 13.9. The van der Waals surface area contributed by atoms with Crippen molar-refractivity contribution in [2.45, 2.75) is 39.5 Å². The highest BCUT2D eigenvalue weighted by molar-refractivity contribution is 7.80. The summed E-state index contributed by atoms with van der Waals surface area (Å²) in [7, 11) is 0. The molecule has 0 unspecified atom stereocenters. The highest BCUT2D eigenvalue weighted by atomic mass is 35.5. The molecule has 0 spiro atoms. The van der Waals surface area contributed by atoms with Gasteiger partial charge in [0.25, 0.3) is 0 Å². The van der Waals surface area contributed by atoms with Crippen molar-refractivity contribution in [2.75, 3.05) is 10.2 Å². The van der Waals surface area contributed by atoms with Crippen LogP contribution >= 0.6 is 23.8 Å². The number of carbonyl (C=O) groups excluding carboxylic acids is 1. The molecule has 2 aliphatic rings. The van der Waals surface area contributed by atoms with Gasteiger partial charge in [0.15, 0.2) is 10.8 Å². The summed E-state index contributed by atoms with van der Waals surface area (Å²) in [6.45, 7) is 7.97. The zero-order valence-corrected chi connectivity index (χ0v) is 21.1. The van der Waals surface area contributed by atoms with Gasteiger partial charge in [0.05, 0.1) is 6.04 Å². The number of amides is 1. The van der Waals surface area contributed by atoms with Crippen molar-refractivity contribution in [1.29, 1.82) is 0 Å². The number of fused-ring (bicyclic) bond motifs is 4. The zero-order chi connectivity index (χ0) is 24.2. The Balaban J connectivity index is 1.63. The Bertz CT molecular complexity index is 1330. The van der Waals surface area contributed by atoms with Crippen LogP contribution in [0.2, 0.25) is 5.02 Å². The molecule has 1 saturated heterocycles. The van der Waals surface area contributed by atoms with Crippen molar-refractivity contribution in [3.05, 3.63) is 87.9 Å². The fourth-order valence-electron chi connectivity index (χ4n) is 5.07. The molecule has 0 aliphatic carbocycles. The monoisotopic (exact) mass is 491 g/mol. The molecule has 2 aliphatic heterocycles. The highest BCUT2D eigenvalue weighted by Gasteiger charge is 2.59. The number of anilines is 2. The van der Waals surface area contributed by atoms with Crippen molar-refractivity contribution in [2.24, 2.45) is 5.92 Å². The molecule has 3 atom stereocenters. The van der Waals surface area contributed by atoms with E-state index >= 15 is 0 Å². The first-order valence-electron chi connectivity index (χ1n) is 11.2. The second-order valence-electron chi connectivity index (χ2n) is 9.23. The molecule has 34 heavy (non-hydrogen) atoms. The van der Waals surface area contributed by atoms with Gasteiger partial charge in [0.2, 0.25) is 5.91 Å². The van der Waals surface area contributed by atoms with Gasteiger partial charge in [-0.15, -0.1) is 0 Å². The molecule has 1 fully saturated rings. The fraction of sp³-hybridized carbons (Fsp3) is 0.259. The first-order chi connectivity index (χ1) is 16.2. The standard InChI is InChI=1S/C27H26ClN3O2S/c1-15-8-10-21(17(3)12-15)29-25(32)23-24-20-13-16(2)9-11-22(20)33-27(23,4)31(26(34)30-24)19-7-5-6-18(28)14-19/h5-14,23-24H,1-4H3,(H,29,32)(H,30,34)/t23-,24-,27-/m0/s1. The number of rotatable bonds is 3. The van der Waals surface area contributed by atoms with Gasteiger partial charge in [0, 0.05) is 22.0 Å². The Hall–Kier alpha value is -3.09. The van der Waals surface area contributed by atoms with Crippen LogP contribution in [-0.2, 0) is 4.79 Å². The number of thiocarbonyl (C=S) groups is 1. The summed E-state index contributed by atoms with van der Waals surface area (Å²) in [5.74, 6) is -0.0162. The molecule has 174 valence electrons. The van der Waals surface area contributed by atoms with Crippen molar-refractivity contribution in [3.63, 3.8) is 0 Å². The smallest absolute Gasteiger partial charge is 0.236 e. The van der Waals surface area contributed by atoms with Crippen molar-refractivity contribution in [1.82, 2.24) is 5.32 Å². The van der Waals surface area contributed by atoms with E-state index < -0.39 is 11.6 Å². The number of carbonyl (C=O) groups is 1. The minimum atomic E-state index is -1.08. The summed E-state index contributed by atoms with van der Waals surface area (Å²) >= 11 is 12.1. The van der Waals surface area contributed by atoms with E-state index in [1.807, 2.05) is 75.1 Å². The highest BCUT2D eigenvalue weighted by Crippen LogP contribution is 2.50. The summed E-state index contributed by atoms with van der Waals surface area (Å²) in [6.07, 6.45) is 0. The Morgan fingerprint density at radius 2 is 1.82 bits per heavy atom. The molecule has 0 saturated carbocycles. The summed E-state index contributed by atoms with van der Waals surface area (Å²) in [4.78, 5) is 15.8. The van der Waals surface area contributed by atoms with Gasteiger partial charge >= 0.3 is 0 Å². The molecule has 2 heterocycles. The number of benzene rings is 3. The SMILES string of the molecule is Cc1ccc(NC(=O)[C@@H]2[C@H]3NC(=S)N(c4cccc(Cl)c4)[C@@]2(C)Oc2ccc(C)cc23)c(C)c1. The van der Waals surface area contributed by atoms with Crippen LogP contribution in [0.4, 0.5) is 11.4 Å². The number of aryl methyl sites for hydroxylation is 3. The van der Waals surface area contributed by atoms with Crippen molar-refractivity contribution < 1.29 is 9.53 Å². The maximum atomic E-state index is 13.9. The Labute approximate surface area is 210 Å². The van der Waals surface area contributed by atoms with E-state index in [4.69, 9.17) is 28.6 Å². The number of nitrogens with one attached hydrogen (secondary N) is 2. The third-order valence-electron chi connectivity index (χ3n) is 6.64. The van der Waals surface area contributed by atoms with Crippen molar-refractivity contribution in [3.8, 4) is 5.75 Å². The van der Waals surface area contributed by atoms with Crippen LogP contribution in [-0.4, -0.2) is 16.7 Å². The van der Waals surface area contributed by atoms with Crippen LogP contribution in [0.1, 0.15) is 35.2 Å². The maximum Gasteiger partial charge on any atom is 0.236 e. The van der Waals surface area contributed by atoms with Crippen LogP contribution in [0, 0.1) is 26.7 Å². The summed E-state index contributed by atoms with van der Waals surface area (Å²) in [5, 5.41) is 7.65. The molecule has 5 nitrogen and oxygen atoms in total. The topological polar surface area (TPSA) is 53.6 Å². The molecule has 3 aromatic carbocycles. The van der Waals surface area contributed by atoms with E-state index in [-0.39, 0.29) is 11.9 Å². The first kappa shape index (κ1) is 22.7. The Kier molecular flexibility index (Phi) is 5.53. The van der Waals surface area contributed by atoms with Crippen LogP contribution in [0.5, 0.6) is 5.75 Å². The lowest BCUT2D eigenvalue weighted by atomic mass is 9.78. The van der Waals surface area contributed by atoms with E-state index in [0.29, 0.717) is 10.1 Å². The van der Waals surface area contributed by atoms with E-state index in [2.05, 4.69) is 22.8 Å². The molecular formula is C27H26ClN3O2S. The minimum Gasteiger partial charge on any atom is -0.467 e. The minimum absolute atomic E-state index is 0.145. The van der Waals surface area contributed by atoms with Gasteiger partial charge in [0.1, 0.15) is 11.7 Å². The second-order valence-corrected chi connectivity index (χ2v) is 10.0. The summed E-state index contributed by atoms with van der Waals surface area (Å²) in [6, 6.07) is 19.1. The van der Waals surface area contributed by atoms with E-state index in [1.165, 1.54) is 0 Å². The number of ether oxygens (including phenoxy) is 1.